The van der Waals surface area contributed by atoms with Crippen LogP contribution in [-0.2, 0) is 9.31 Å². The van der Waals surface area contributed by atoms with Crippen molar-refractivity contribution in [2.24, 2.45) is 0 Å². The van der Waals surface area contributed by atoms with Crippen molar-refractivity contribution in [3.63, 3.8) is 0 Å². The highest BCUT2D eigenvalue weighted by molar-refractivity contribution is 9.10. The van der Waals surface area contributed by atoms with Gasteiger partial charge in [0.05, 0.1) is 11.2 Å². The van der Waals surface area contributed by atoms with Crippen molar-refractivity contribution in [3.05, 3.63) is 59.1 Å². The Morgan fingerprint density at radius 2 is 1.11 bits per heavy atom. The van der Waals surface area contributed by atoms with Gasteiger partial charge in [-0.15, -0.1) is 12.4 Å². The molecule has 0 saturated carbocycles. The van der Waals surface area contributed by atoms with Crippen molar-refractivity contribution in [2.75, 3.05) is 17.2 Å². The van der Waals surface area contributed by atoms with Crippen LogP contribution in [0.1, 0.15) is 27.7 Å². The van der Waals surface area contributed by atoms with E-state index in [0.29, 0.717) is 33.2 Å². The van der Waals surface area contributed by atoms with Crippen molar-refractivity contribution in [3.8, 4) is 0 Å². The summed E-state index contributed by atoms with van der Waals surface area (Å²) in [6, 6.07) is 16.3. The second-order valence-electron chi connectivity index (χ2n) is 10.7. The number of fused-ring (bicyclic) bond motifs is 3. The van der Waals surface area contributed by atoms with Crippen LogP contribution in [0.2, 0.25) is 0 Å². The third-order valence-electron chi connectivity index (χ3n) is 7.05. The Morgan fingerprint density at radius 3 is 1.61 bits per heavy atom. The molecule has 44 heavy (non-hydrogen) atoms. The standard InChI is InChI=1S/C13H17BN2O3.C7H7BN2O3.C7H5BrN2O.ClH/c1-12(2)13(3,4)19-14(18-12)8-5-6-10-9(7-8)16-11(15)17-10;9-7-10-5-3-4(8(11)12)1-2-6(5)13-7;8-4-1-2-6-5(3-4)10-7(9)11-6;/h5-7H,1-4H3,(H2,15,16);1-3,11-12H,(H2,9,10);1-3H,(H2,9,10);1H. The van der Waals surface area contributed by atoms with E-state index in [4.69, 9.17) is 49.8 Å². The van der Waals surface area contributed by atoms with E-state index < -0.39 is 14.2 Å². The van der Waals surface area contributed by atoms with Crippen LogP contribution < -0.4 is 28.1 Å². The van der Waals surface area contributed by atoms with E-state index in [-0.39, 0.29) is 41.7 Å². The van der Waals surface area contributed by atoms with Gasteiger partial charge in [0.1, 0.15) is 16.6 Å². The van der Waals surface area contributed by atoms with E-state index in [2.05, 4.69) is 30.9 Å². The first-order valence-corrected chi connectivity index (χ1v) is 13.9. The van der Waals surface area contributed by atoms with E-state index >= 15 is 0 Å². The van der Waals surface area contributed by atoms with Gasteiger partial charge >= 0.3 is 14.2 Å². The maximum Gasteiger partial charge on any atom is 0.494 e. The molecule has 1 fully saturated rings. The zero-order valence-corrected chi connectivity index (χ0v) is 26.5. The molecule has 17 heteroatoms. The number of halogens is 2. The summed E-state index contributed by atoms with van der Waals surface area (Å²) < 4.78 is 28.3. The Labute approximate surface area is 266 Å². The molecule has 0 bridgehead atoms. The van der Waals surface area contributed by atoms with E-state index in [1.165, 1.54) is 12.1 Å². The SMILES string of the molecule is CC1(C)OB(c2ccc3oc(N)nc3c2)OC1(C)C.Cl.Nc1nc2cc(B(O)O)ccc2o1.Nc1nc2cc(Br)ccc2o1. The van der Waals surface area contributed by atoms with E-state index in [1.54, 1.807) is 6.07 Å². The predicted octanol–water partition coefficient (Wildman–Crippen LogP) is 3.39. The Kier molecular flexibility index (Phi) is 9.54. The number of aromatic nitrogens is 3. The molecule has 0 spiro atoms. The first kappa shape index (κ1) is 33.1. The maximum atomic E-state index is 8.86. The minimum atomic E-state index is -1.50. The fourth-order valence-corrected chi connectivity index (χ4v) is 4.48. The molecule has 0 radical (unpaired) electrons. The molecule has 6 aromatic rings. The van der Waals surface area contributed by atoms with E-state index in [9.17, 15) is 0 Å². The number of benzene rings is 3. The first-order valence-electron chi connectivity index (χ1n) is 13.1. The number of hydrogen-bond donors (Lipinski definition) is 5. The molecule has 3 aromatic carbocycles. The van der Waals surface area contributed by atoms with Gasteiger partial charge in [-0.3, -0.25) is 0 Å². The number of nitrogens with zero attached hydrogens (tertiary/aromatic N) is 3. The highest BCUT2D eigenvalue weighted by Crippen LogP contribution is 2.36. The molecule has 0 atom stereocenters. The highest BCUT2D eigenvalue weighted by atomic mass is 79.9. The van der Waals surface area contributed by atoms with Crippen LogP contribution in [0.3, 0.4) is 0 Å². The second kappa shape index (κ2) is 12.7. The number of nitrogens with two attached hydrogens (primary N) is 3. The maximum absolute atomic E-state index is 8.86. The van der Waals surface area contributed by atoms with Gasteiger partial charge in [-0.05, 0) is 81.1 Å². The lowest BCUT2D eigenvalue weighted by molar-refractivity contribution is 0.00578. The summed E-state index contributed by atoms with van der Waals surface area (Å²) in [6.45, 7) is 8.11. The number of oxazole rings is 3. The molecule has 3 aromatic heterocycles. The van der Waals surface area contributed by atoms with Crippen LogP contribution in [0.15, 0.2) is 72.3 Å². The molecule has 0 amide bonds. The number of anilines is 3. The zero-order valence-electron chi connectivity index (χ0n) is 24.1. The third-order valence-corrected chi connectivity index (χ3v) is 7.54. The van der Waals surface area contributed by atoms with Crippen LogP contribution in [-0.4, -0.2) is 50.4 Å². The summed E-state index contributed by atoms with van der Waals surface area (Å²) in [6.07, 6.45) is 0. The van der Waals surface area contributed by atoms with E-state index in [1.807, 2.05) is 64.1 Å². The van der Waals surface area contributed by atoms with Crippen molar-refractivity contribution in [1.29, 1.82) is 0 Å². The normalized spacial score (nSPS) is 14.9. The van der Waals surface area contributed by atoms with Crippen molar-refractivity contribution < 1.29 is 32.6 Å². The molecule has 0 aliphatic carbocycles. The average molecular weight is 688 g/mol. The molecular formula is C27H30B2BrClN6O7. The summed E-state index contributed by atoms with van der Waals surface area (Å²) in [7, 11) is -1.89. The first-order chi connectivity index (χ1) is 20.2. The summed E-state index contributed by atoms with van der Waals surface area (Å²) in [5, 5.41) is 17.7. The van der Waals surface area contributed by atoms with Gasteiger partial charge in [-0.2, -0.15) is 15.0 Å². The monoisotopic (exact) mass is 686 g/mol. The quantitative estimate of drug-likeness (QED) is 0.165. The van der Waals surface area contributed by atoms with E-state index in [0.717, 1.165) is 15.5 Å². The Balaban J connectivity index is 0.000000156. The highest BCUT2D eigenvalue weighted by Gasteiger charge is 2.51. The topological polar surface area (TPSA) is 215 Å². The number of hydrogen-bond acceptors (Lipinski definition) is 13. The third kappa shape index (κ3) is 7.12. The van der Waals surface area contributed by atoms with Gasteiger partial charge < -0.3 is 49.8 Å². The molecule has 7 rings (SSSR count). The number of rotatable bonds is 2. The van der Waals surface area contributed by atoms with Gasteiger partial charge in [-0.25, -0.2) is 0 Å². The van der Waals surface area contributed by atoms with Gasteiger partial charge in [0.25, 0.3) is 18.0 Å². The lowest BCUT2D eigenvalue weighted by atomic mass is 9.79. The number of nitrogen functional groups attached to an aromatic ring is 3. The fraction of sp³-hybridized carbons (Fsp3) is 0.222. The van der Waals surface area contributed by atoms with Crippen molar-refractivity contribution in [1.82, 2.24) is 15.0 Å². The lowest BCUT2D eigenvalue weighted by Gasteiger charge is -2.32. The minimum Gasteiger partial charge on any atom is -0.424 e. The van der Waals surface area contributed by atoms with Gasteiger partial charge in [0.2, 0.25) is 0 Å². The minimum absolute atomic E-state index is 0. The molecule has 1 saturated heterocycles. The Morgan fingerprint density at radius 1 is 0.682 bits per heavy atom. The summed E-state index contributed by atoms with van der Waals surface area (Å²) >= 11 is 3.32. The molecule has 0 unspecified atom stereocenters. The van der Waals surface area contributed by atoms with Crippen LogP contribution in [0, 0.1) is 0 Å². The van der Waals surface area contributed by atoms with Crippen LogP contribution in [0.5, 0.6) is 0 Å². The molecule has 4 heterocycles. The van der Waals surface area contributed by atoms with Gasteiger partial charge in [-0.1, -0.05) is 28.1 Å². The largest absolute Gasteiger partial charge is 0.494 e. The van der Waals surface area contributed by atoms with Crippen LogP contribution in [0.25, 0.3) is 33.3 Å². The fourth-order valence-electron chi connectivity index (χ4n) is 4.13. The van der Waals surface area contributed by atoms with Gasteiger partial charge in [0.15, 0.2) is 16.7 Å². The summed E-state index contributed by atoms with van der Waals surface area (Å²) in [5.41, 5.74) is 20.7. The molecule has 230 valence electrons. The van der Waals surface area contributed by atoms with Crippen LogP contribution in [0.4, 0.5) is 18.0 Å². The molecule has 1 aliphatic heterocycles. The molecule has 1 aliphatic rings. The average Bonchev–Trinajstić information content (AvgIpc) is 3.64. The summed E-state index contributed by atoms with van der Waals surface area (Å²) in [4.78, 5) is 11.9. The summed E-state index contributed by atoms with van der Waals surface area (Å²) in [5.74, 6) is 0. The predicted molar refractivity (Wildman–Crippen MR) is 176 cm³/mol. The van der Waals surface area contributed by atoms with Crippen LogP contribution >= 0.6 is 28.3 Å². The zero-order chi connectivity index (χ0) is 31.1. The molecule has 13 nitrogen and oxygen atoms in total. The lowest BCUT2D eigenvalue weighted by Crippen LogP contribution is -2.41. The van der Waals surface area contributed by atoms with Crippen molar-refractivity contribution >= 4 is 105 Å². The van der Waals surface area contributed by atoms with Gasteiger partial charge in [0, 0.05) is 4.47 Å². The second-order valence-corrected chi connectivity index (χ2v) is 11.6. The molecular weight excluding hydrogens is 657 g/mol. The molecule has 8 N–H and O–H groups in total. The van der Waals surface area contributed by atoms with Crippen molar-refractivity contribution in [2.45, 2.75) is 38.9 Å². The Bertz CT molecular complexity index is 1900. The smallest absolute Gasteiger partial charge is 0.424 e. The Hall–Kier alpha value is -3.79.